The fourth-order valence-electron chi connectivity index (χ4n) is 4.68. The van der Waals surface area contributed by atoms with Crippen LogP contribution < -0.4 is 11.2 Å². The highest BCUT2D eigenvalue weighted by molar-refractivity contribution is 8.39. The van der Waals surface area contributed by atoms with Gasteiger partial charge >= 0.3 is 19.6 Å². The third kappa shape index (κ3) is 9.54. The summed E-state index contributed by atoms with van der Waals surface area (Å²) in [4.78, 5) is 26.9. The lowest BCUT2D eigenvalue weighted by atomic mass is 10.1. The molecule has 1 saturated carbocycles. The van der Waals surface area contributed by atoms with E-state index in [4.69, 9.17) is 44.6 Å². The number of nitrogens with zero attached hydrogens (tertiary/aromatic N) is 2. The summed E-state index contributed by atoms with van der Waals surface area (Å²) < 4.78 is 48.6. The molecule has 0 spiro atoms. The van der Waals surface area contributed by atoms with Crippen molar-refractivity contribution in [1.29, 1.82) is 5.26 Å². The van der Waals surface area contributed by atoms with Crippen molar-refractivity contribution < 1.29 is 32.1 Å². The molecule has 1 saturated heterocycles. The van der Waals surface area contributed by atoms with Crippen LogP contribution in [0.2, 0.25) is 0 Å². The number of aryl methyl sites for hydroxylation is 1. The Bertz CT molecular complexity index is 1160. The molecule has 0 bridgehead atoms. The van der Waals surface area contributed by atoms with E-state index in [1.54, 1.807) is 6.92 Å². The lowest BCUT2D eigenvalue weighted by Gasteiger charge is -2.32. The van der Waals surface area contributed by atoms with Crippen molar-refractivity contribution >= 4 is 38.0 Å². The monoisotopic (exact) mass is 624 g/mol. The standard InChI is InChI=1S/C23H35N3O9P2S2/c1-16-14-26(23(28)25-21(16)27)22-20(30-2)19(18(33-22)15-31-36(29)38)35-37(39,32-13-9-12-24)34-17-10-7-5-3-4-6-8-11-17/h14,17-20,22H,3-11,13,15H2,1-2H3,(H-,25,27,28,29,38)/p+1/t18-,19?,20?,22-,37?/m1/s1. The molecule has 0 amide bonds. The van der Waals surface area contributed by atoms with Crippen molar-refractivity contribution in [2.45, 2.75) is 95.4 Å². The van der Waals surface area contributed by atoms with Crippen LogP contribution in [0.3, 0.4) is 0 Å². The van der Waals surface area contributed by atoms with Crippen LogP contribution >= 0.6 is 26.2 Å². The Morgan fingerprint density at radius 2 is 1.87 bits per heavy atom. The minimum absolute atomic E-state index is 0.0113. The van der Waals surface area contributed by atoms with Gasteiger partial charge in [-0.05, 0) is 36.1 Å². The molecule has 12 nitrogen and oxygen atoms in total. The van der Waals surface area contributed by atoms with Gasteiger partial charge in [0.2, 0.25) is 0 Å². The maximum absolute atomic E-state index is 12.7. The molecule has 6 atom stereocenters. The number of nitrogens with one attached hydrogen (secondary N) is 1. The maximum Gasteiger partial charge on any atom is 0.582 e. The quantitative estimate of drug-likeness (QED) is 0.193. The number of hydrogen-bond donors (Lipinski definition) is 2. The summed E-state index contributed by atoms with van der Waals surface area (Å²) in [5, 5.41) is 9.06. The van der Waals surface area contributed by atoms with E-state index in [-0.39, 0.29) is 31.3 Å². The van der Waals surface area contributed by atoms with Crippen molar-refractivity contribution in [3.63, 3.8) is 0 Å². The summed E-state index contributed by atoms with van der Waals surface area (Å²) in [7, 11) is -0.849. The van der Waals surface area contributed by atoms with Gasteiger partial charge in [-0.1, -0.05) is 38.5 Å². The van der Waals surface area contributed by atoms with Gasteiger partial charge in [-0.3, -0.25) is 18.9 Å². The van der Waals surface area contributed by atoms with Crippen LogP contribution in [0.4, 0.5) is 0 Å². The average molecular weight is 625 g/mol. The second kappa shape index (κ2) is 15.9. The highest BCUT2D eigenvalue weighted by atomic mass is 32.7. The van der Waals surface area contributed by atoms with E-state index in [1.165, 1.54) is 30.7 Å². The van der Waals surface area contributed by atoms with E-state index >= 15 is 0 Å². The first-order valence-electron chi connectivity index (χ1n) is 12.9. The topological polar surface area (TPSA) is 151 Å². The molecule has 39 heavy (non-hydrogen) atoms. The summed E-state index contributed by atoms with van der Waals surface area (Å²) in [5.74, 6) is 0. The second-order valence-corrected chi connectivity index (χ2v) is 14.1. The molecule has 2 aliphatic rings. The zero-order chi connectivity index (χ0) is 28.4. The van der Waals surface area contributed by atoms with Crippen LogP contribution in [-0.4, -0.2) is 54.3 Å². The molecular weight excluding hydrogens is 588 g/mol. The number of ether oxygens (including phenoxy) is 2. The molecule has 1 aromatic rings. The highest BCUT2D eigenvalue weighted by Crippen LogP contribution is 2.56. The second-order valence-electron chi connectivity index (χ2n) is 9.46. The molecule has 1 aromatic heterocycles. The van der Waals surface area contributed by atoms with Crippen LogP contribution in [0.1, 0.15) is 69.6 Å². The highest BCUT2D eigenvalue weighted by Gasteiger charge is 2.51. The van der Waals surface area contributed by atoms with Crippen LogP contribution in [0.5, 0.6) is 0 Å². The van der Waals surface area contributed by atoms with Gasteiger partial charge in [0.05, 0.1) is 25.2 Å². The molecule has 3 rings (SSSR count). The minimum Gasteiger partial charge on any atom is -0.374 e. The normalized spacial score (nSPS) is 26.7. The van der Waals surface area contributed by atoms with E-state index in [0.717, 1.165) is 38.5 Å². The van der Waals surface area contributed by atoms with Crippen molar-refractivity contribution in [3.05, 3.63) is 32.6 Å². The van der Waals surface area contributed by atoms with Gasteiger partial charge in [0.15, 0.2) is 6.23 Å². The van der Waals surface area contributed by atoms with Gasteiger partial charge in [-0.2, -0.15) is 5.26 Å². The fourth-order valence-corrected chi connectivity index (χ4v) is 7.66. The number of nitriles is 1. The summed E-state index contributed by atoms with van der Waals surface area (Å²) in [6, 6.07) is 2.03. The largest absolute Gasteiger partial charge is 0.582 e. The Labute approximate surface area is 238 Å². The Kier molecular flexibility index (Phi) is 13.2. The molecule has 2 fully saturated rings. The van der Waals surface area contributed by atoms with Crippen molar-refractivity contribution in [1.82, 2.24) is 9.55 Å². The molecule has 0 radical (unpaired) electrons. The molecule has 4 unspecified atom stereocenters. The molecule has 2 heterocycles. The van der Waals surface area contributed by atoms with Crippen LogP contribution in [-0.2, 0) is 43.9 Å². The van der Waals surface area contributed by atoms with Gasteiger partial charge in [-0.25, -0.2) is 4.79 Å². The molecule has 0 aromatic carbocycles. The first kappa shape index (κ1) is 32.5. The molecule has 16 heteroatoms. The average Bonchev–Trinajstić information content (AvgIpc) is 3.28. The van der Waals surface area contributed by atoms with E-state index in [0.29, 0.717) is 0 Å². The molecule has 218 valence electrons. The number of methoxy groups -OCH3 is 1. The van der Waals surface area contributed by atoms with E-state index in [1.807, 2.05) is 6.07 Å². The van der Waals surface area contributed by atoms with Gasteiger partial charge in [0.25, 0.3) is 5.56 Å². The fraction of sp³-hybridized carbons (Fsp3) is 0.783. The van der Waals surface area contributed by atoms with E-state index in [2.05, 4.69) is 17.2 Å². The Balaban J connectivity index is 1.92. The number of aromatic nitrogens is 2. The number of hydrogen-bond acceptors (Lipinski definition) is 11. The lowest BCUT2D eigenvalue weighted by molar-refractivity contribution is -0.0598. The summed E-state index contributed by atoms with van der Waals surface area (Å²) in [5.41, 5.74) is -0.935. The van der Waals surface area contributed by atoms with Gasteiger partial charge in [-0.15, -0.1) is 4.52 Å². The number of H-pyrrole nitrogens is 1. The minimum atomic E-state index is -3.47. The van der Waals surface area contributed by atoms with Crippen molar-refractivity contribution in [3.8, 4) is 6.07 Å². The number of thiol groups is 1. The summed E-state index contributed by atoms with van der Waals surface area (Å²) in [6.45, 7) is -2.12. The van der Waals surface area contributed by atoms with Crippen molar-refractivity contribution in [2.24, 2.45) is 0 Å². The first-order chi connectivity index (χ1) is 18.7. The predicted octanol–water partition coefficient (Wildman–Crippen LogP) is 4.42. The van der Waals surface area contributed by atoms with Crippen LogP contribution in [0.15, 0.2) is 15.8 Å². The molecule has 1 aliphatic heterocycles. The summed E-state index contributed by atoms with van der Waals surface area (Å²) >= 11 is 9.66. The third-order valence-corrected chi connectivity index (χ3v) is 9.73. The Hall–Kier alpha value is -0.970. The van der Waals surface area contributed by atoms with Crippen LogP contribution in [0, 0.1) is 18.3 Å². The SMILES string of the molecule is COC1C(OP(=S)(OCCC#N)OC2CCCCCCCC2)[C@@H](CO[P+](=O)S)O[C@H]1n1cc(C)c(=O)[nH]c1=O. The molecule has 1 N–H and O–H groups in total. The Morgan fingerprint density at radius 3 is 2.49 bits per heavy atom. The van der Waals surface area contributed by atoms with Crippen molar-refractivity contribution in [2.75, 3.05) is 20.3 Å². The van der Waals surface area contributed by atoms with Crippen LogP contribution in [0.25, 0.3) is 0 Å². The number of aromatic amines is 1. The zero-order valence-corrected chi connectivity index (χ0v) is 25.6. The lowest BCUT2D eigenvalue weighted by Crippen LogP contribution is -2.40. The number of rotatable bonds is 12. The zero-order valence-electron chi connectivity index (χ0n) is 22.1. The van der Waals surface area contributed by atoms with Gasteiger partial charge in [0, 0.05) is 18.9 Å². The predicted molar refractivity (Wildman–Crippen MR) is 150 cm³/mol. The van der Waals surface area contributed by atoms with Gasteiger partial charge < -0.3 is 18.5 Å². The molecule has 1 aliphatic carbocycles. The first-order valence-corrected chi connectivity index (χ1v) is 17.8. The van der Waals surface area contributed by atoms with E-state index < -0.39 is 49.7 Å². The Morgan fingerprint density at radius 1 is 1.21 bits per heavy atom. The third-order valence-electron chi connectivity index (χ3n) is 6.62. The maximum atomic E-state index is 12.7. The van der Waals surface area contributed by atoms with Gasteiger partial charge in [0.1, 0.15) is 37.2 Å². The smallest absolute Gasteiger partial charge is 0.374 e. The molecular formula is C23H36N3O9P2S2+. The van der Waals surface area contributed by atoms with E-state index in [9.17, 15) is 14.2 Å². The summed E-state index contributed by atoms with van der Waals surface area (Å²) in [6.07, 6.45) is 5.64.